The van der Waals surface area contributed by atoms with E-state index in [4.69, 9.17) is 0 Å². The van der Waals surface area contributed by atoms with Gasteiger partial charge in [-0.2, -0.15) is 0 Å². The number of hydrogen-bond acceptors (Lipinski definition) is 3. The molecule has 1 amide bonds. The maximum Gasteiger partial charge on any atom is 0.241 e. The van der Waals surface area contributed by atoms with Gasteiger partial charge < -0.3 is 5.32 Å². The molecule has 24 heavy (non-hydrogen) atoms. The van der Waals surface area contributed by atoms with Crippen LogP contribution in [-0.2, 0) is 17.8 Å². The van der Waals surface area contributed by atoms with Gasteiger partial charge in [0.1, 0.15) is 0 Å². The molecule has 128 valence electrons. The lowest BCUT2D eigenvalue weighted by Gasteiger charge is -2.24. The van der Waals surface area contributed by atoms with Gasteiger partial charge in [0, 0.05) is 17.1 Å². The van der Waals surface area contributed by atoms with E-state index < -0.39 is 0 Å². The van der Waals surface area contributed by atoms with E-state index in [0.29, 0.717) is 0 Å². The van der Waals surface area contributed by atoms with Gasteiger partial charge in [0.2, 0.25) is 5.91 Å². The molecule has 0 saturated heterocycles. The number of rotatable bonds is 7. The van der Waals surface area contributed by atoms with Crippen LogP contribution in [0.3, 0.4) is 0 Å². The lowest BCUT2D eigenvalue weighted by atomic mass is 10.1. The molecule has 0 fully saturated rings. The van der Waals surface area contributed by atoms with Crippen molar-refractivity contribution < 1.29 is 4.79 Å². The maximum atomic E-state index is 12.4. The molecule has 0 aromatic heterocycles. The number of benzene rings is 2. The summed E-state index contributed by atoms with van der Waals surface area (Å²) < 4.78 is 0. The average molecular weight is 343 g/mol. The van der Waals surface area contributed by atoms with E-state index in [0.717, 1.165) is 18.7 Å². The highest BCUT2D eigenvalue weighted by atomic mass is 32.2. The van der Waals surface area contributed by atoms with Crippen LogP contribution in [-0.4, -0.2) is 30.2 Å². The fourth-order valence-electron chi connectivity index (χ4n) is 2.43. The van der Waals surface area contributed by atoms with Crippen LogP contribution in [0.5, 0.6) is 0 Å². The minimum Gasteiger partial charge on any atom is -0.325 e. The van der Waals surface area contributed by atoms with Crippen molar-refractivity contribution >= 4 is 23.4 Å². The third kappa shape index (κ3) is 5.11. The summed E-state index contributed by atoms with van der Waals surface area (Å²) in [6, 6.07) is 16.3. The molecular weight excluding hydrogens is 316 g/mol. The third-order valence-electron chi connectivity index (χ3n) is 4.26. The Kier molecular flexibility index (Phi) is 6.88. The predicted octanol–water partition coefficient (Wildman–Crippen LogP) is 4.43. The van der Waals surface area contributed by atoms with Crippen molar-refractivity contribution in [3.63, 3.8) is 0 Å². The minimum atomic E-state index is -0.198. The van der Waals surface area contributed by atoms with Crippen molar-refractivity contribution in [1.82, 2.24) is 4.90 Å². The fourth-order valence-corrected chi connectivity index (χ4v) is 2.83. The molecular formula is C20H26N2OS. The van der Waals surface area contributed by atoms with Crippen LogP contribution in [0.15, 0.2) is 53.4 Å². The van der Waals surface area contributed by atoms with Crippen molar-refractivity contribution in [2.24, 2.45) is 0 Å². The van der Waals surface area contributed by atoms with E-state index in [-0.39, 0.29) is 11.9 Å². The van der Waals surface area contributed by atoms with Crippen molar-refractivity contribution in [2.45, 2.75) is 37.8 Å². The van der Waals surface area contributed by atoms with Crippen LogP contribution >= 0.6 is 11.8 Å². The van der Waals surface area contributed by atoms with Gasteiger partial charge in [0.15, 0.2) is 0 Å². The Morgan fingerprint density at radius 2 is 1.67 bits per heavy atom. The first-order chi connectivity index (χ1) is 11.5. The summed E-state index contributed by atoms with van der Waals surface area (Å²) >= 11 is 1.73. The standard InChI is InChI=1S/C20H26N2OS/c1-5-16-6-10-18(11-7-16)21-20(23)15(2)22(3)14-17-8-12-19(24-4)13-9-17/h6-13,15H,5,14H2,1-4H3,(H,21,23)/t15-/m0/s1. The van der Waals surface area contributed by atoms with E-state index in [1.807, 2.05) is 26.1 Å². The molecule has 0 aliphatic carbocycles. The van der Waals surface area contributed by atoms with Crippen molar-refractivity contribution in [2.75, 3.05) is 18.6 Å². The summed E-state index contributed by atoms with van der Waals surface area (Å²) in [6.45, 7) is 4.81. The van der Waals surface area contributed by atoms with Gasteiger partial charge in [-0.1, -0.05) is 31.2 Å². The van der Waals surface area contributed by atoms with E-state index in [1.165, 1.54) is 16.0 Å². The van der Waals surface area contributed by atoms with Gasteiger partial charge in [-0.15, -0.1) is 11.8 Å². The van der Waals surface area contributed by atoms with Crippen LogP contribution in [0.4, 0.5) is 5.69 Å². The second-order valence-electron chi connectivity index (χ2n) is 5.98. The van der Waals surface area contributed by atoms with Gasteiger partial charge in [0.25, 0.3) is 0 Å². The lowest BCUT2D eigenvalue weighted by Crippen LogP contribution is -2.39. The highest BCUT2D eigenvalue weighted by molar-refractivity contribution is 7.98. The second-order valence-corrected chi connectivity index (χ2v) is 6.86. The molecule has 0 saturated carbocycles. The first kappa shape index (κ1) is 18.6. The van der Waals surface area contributed by atoms with Crippen molar-refractivity contribution in [1.29, 1.82) is 0 Å². The Labute approximate surface area is 149 Å². The number of carbonyl (C=O) groups is 1. The Morgan fingerprint density at radius 3 is 2.21 bits per heavy atom. The second kappa shape index (κ2) is 8.90. The molecule has 2 aromatic carbocycles. The molecule has 2 rings (SSSR count). The van der Waals surface area contributed by atoms with Crippen LogP contribution in [0.25, 0.3) is 0 Å². The van der Waals surface area contributed by atoms with Crippen LogP contribution in [0.1, 0.15) is 25.0 Å². The molecule has 2 aromatic rings. The van der Waals surface area contributed by atoms with Crippen LogP contribution in [0.2, 0.25) is 0 Å². The Hall–Kier alpha value is -1.78. The largest absolute Gasteiger partial charge is 0.325 e. The summed E-state index contributed by atoms with van der Waals surface area (Å²) in [4.78, 5) is 15.8. The smallest absolute Gasteiger partial charge is 0.241 e. The Balaban J connectivity index is 1.92. The predicted molar refractivity (Wildman–Crippen MR) is 104 cm³/mol. The molecule has 1 N–H and O–H groups in total. The van der Waals surface area contributed by atoms with Crippen molar-refractivity contribution in [3.05, 3.63) is 59.7 Å². The van der Waals surface area contributed by atoms with Crippen LogP contribution in [0, 0.1) is 0 Å². The first-order valence-corrected chi connectivity index (χ1v) is 9.49. The molecule has 0 radical (unpaired) electrons. The fraction of sp³-hybridized carbons (Fsp3) is 0.350. The summed E-state index contributed by atoms with van der Waals surface area (Å²) in [7, 11) is 1.98. The summed E-state index contributed by atoms with van der Waals surface area (Å²) in [5.74, 6) is 0.0162. The van der Waals surface area contributed by atoms with Crippen molar-refractivity contribution in [3.8, 4) is 0 Å². The highest BCUT2D eigenvalue weighted by Gasteiger charge is 2.18. The monoisotopic (exact) mass is 342 g/mol. The normalized spacial score (nSPS) is 12.2. The number of thioether (sulfide) groups is 1. The lowest BCUT2D eigenvalue weighted by molar-refractivity contribution is -0.120. The molecule has 0 spiro atoms. The molecule has 0 heterocycles. The summed E-state index contributed by atoms with van der Waals surface area (Å²) in [6.07, 6.45) is 3.07. The van der Waals surface area contributed by atoms with E-state index in [9.17, 15) is 4.79 Å². The topological polar surface area (TPSA) is 32.3 Å². The van der Waals surface area contributed by atoms with Gasteiger partial charge in [-0.25, -0.2) is 0 Å². The maximum absolute atomic E-state index is 12.4. The van der Waals surface area contributed by atoms with Crippen LogP contribution < -0.4 is 5.32 Å². The van der Waals surface area contributed by atoms with E-state index in [1.54, 1.807) is 11.8 Å². The number of nitrogens with one attached hydrogen (secondary N) is 1. The average Bonchev–Trinajstić information content (AvgIpc) is 2.62. The number of hydrogen-bond donors (Lipinski definition) is 1. The minimum absolute atomic E-state index is 0.0162. The zero-order valence-corrected chi connectivity index (χ0v) is 15.7. The first-order valence-electron chi connectivity index (χ1n) is 8.26. The molecule has 0 bridgehead atoms. The molecule has 0 aliphatic heterocycles. The number of amides is 1. The zero-order chi connectivity index (χ0) is 17.5. The number of carbonyl (C=O) groups excluding carboxylic acids is 1. The summed E-state index contributed by atoms with van der Waals surface area (Å²) in [5.41, 5.74) is 3.33. The number of anilines is 1. The molecule has 3 nitrogen and oxygen atoms in total. The summed E-state index contributed by atoms with van der Waals surface area (Å²) in [5, 5.41) is 2.99. The molecule has 0 aliphatic rings. The van der Waals surface area contributed by atoms with E-state index in [2.05, 4.69) is 59.8 Å². The molecule has 4 heteroatoms. The van der Waals surface area contributed by atoms with E-state index >= 15 is 0 Å². The van der Waals surface area contributed by atoms with Gasteiger partial charge >= 0.3 is 0 Å². The molecule has 1 atom stereocenters. The number of nitrogens with zero attached hydrogens (tertiary/aromatic N) is 1. The number of likely N-dealkylation sites (N-methyl/N-ethyl adjacent to an activating group) is 1. The van der Waals surface area contributed by atoms with Gasteiger partial charge in [0.05, 0.1) is 6.04 Å². The SMILES string of the molecule is CCc1ccc(NC(=O)[C@H](C)N(C)Cc2ccc(SC)cc2)cc1. The quantitative estimate of drug-likeness (QED) is 0.756. The zero-order valence-electron chi connectivity index (χ0n) is 14.9. The van der Waals surface area contributed by atoms with Gasteiger partial charge in [-0.3, -0.25) is 9.69 Å². The third-order valence-corrected chi connectivity index (χ3v) is 5.00. The Bertz CT molecular complexity index is 652. The van der Waals surface area contributed by atoms with Gasteiger partial charge in [-0.05, 0) is 62.0 Å². The Morgan fingerprint density at radius 1 is 1.08 bits per heavy atom. The molecule has 0 unspecified atom stereocenters. The number of aryl methyl sites for hydroxylation is 1. The highest BCUT2D eigenvalue weighted by Crippen LogP contribution is 2.16.